The molecule has 1 heterocycles. The number of non-ortho nitro benzene ring substituents is 1. The number of rotatable bonds is 3. The monoisotopic (exact) mass is 360 g/mol. The molecule has 0 aliphatic heterocycles. The van der Waals surface area contributed by atoms with Crippen LogP contribution in [0.2, 0.25) is 5.02 Å². The van der Waals surface area contributed by atoms with Crippen molar-refractivity contribution in [2.45, 2.75) is 0 Å². The van der Waals surface area contributed by atoms with Crippen LogP contribution in [-0.2, 0) is 0 Å². The maximum atomic E-state index is 14.1. The standard InChI is InChI=1S/C16H7ClF2N4O2/c17-12-3-9(1-2-13(12)18)22-15-8(6-20)7-21-16-11(15)4-10(23(24)25)5-14(16)19/h1-5,7H,(H,21,22). The Kier molecular flexibility index (Phi) is 4.17. The summed E-state index contributed by atoms with van der Waals surface area (Å²) in [7, 11) is 0. The van der Waals surface area contributed by atoms with Crippen molar-refractivity contribution < 1.29 is 13.7 Å². The molecule has 3 aromatic rings. The Morgan fingerprint density at radius 3 is 2.64 bits per heavy atom. The molecule has 0 saturated carbocycles. The first-order valence-corrected chi connectivity index (χ1v) is 7.17. The molecule has 0 bridgehead atoms. The van der Waals surface area contributed by atoms with Gasteiger partial charge in [-0.2, -0.15) is 5.26 Å². The van der Waals surface area contributed by atoms with E-state index in [0.29, 0.717) is 5.69 Å². The second-order valence-corrected chi connectivity index (χ2v) is 5.40. The van der Waals surface area contributed by atoms with Crippen LogP contribution in [0.1, 0.15) is 5.56 Å². The van der Waals surface area contributed by atoms with Crippen molar-refractivity contribution in [2.24, 2.45) is 0 Å². The molecule has 1 aromatic heterocycles. The smallest absolute Gasteiger partial charge is 0.273 e. The topological polar surface area (TPSA) is 91.8 Å². The molecule has 0 radical (unpaired) electrons. The van der Waals surface area contributed by atoms with Gasteiger partial charge in [-0.25, -0.2) is 8.78 Å². The summed E-state index contributed by atoms with van der Waals surface area (Å²) >= 11 is 5.72. The van der Waals surface area contributed by atoms with Gasteiger partial charge in [-0.3, -0.25) is 15.1 Å². The van der Waals surface area contributed by atoms with E-state index in [0.717, 1.165) is 24.4 Å². The first kappa shape index (κ1) is 16.5. The molecule has 0 amide bonds. The zero-order valence-corrected chi connectivity index (χ0v) is 13.0. The van der Waals surface area contributed by atoms with Gasteiger partial charge in [0.05, 0.1) is 27.3 Å². The molecule has 124 valence electrons. The van der Waals surface area contributed by atoms with Crippen LogP contribution in [0.5, 0.6) is 0 Å². The van der Waals surface area contributed by atoms with Gasteiger partial charge in [-0.15, -0.1) is 0 Å². The van der Waals surface area contributed by atoms with Gasteiger partial charge in [0.25, 0.3) is 5.69 Å². The second kappa shape index (κ2) is 6.30. The molecule has 9 heteroatoms. The molecule has 1 N–H and O–H groups in total. The first-order chi connectivity index (χ1) is 11.9. The minimum Gasteiger partial charge on any atom is -0.354 e. The largest absolute Gasteiger partial charge is 0.354 e. The molecular weight excluding hydrogens is 354 g/mol. The van der Waals surface area contributed by atoms with Crippen LogP contribution < -0.4 is 5.32 Å². The highest BCUT2D eigenvalue weighted by molar-refractivity contribution is 6.31. The fraction of sp³-hybridized carbons (Fsp3) is 0. The number of nitriles is 1. The SMILES string of the molecule is N#Cc1cnc2c(F)cc([N+](=O)[O-])cc2c1Nc1ccc(F)c(Cl)c1. The molecule has 2 aromatic carbocycles. The number of fused-ring (bicyclic) bond motifs is 1. The fourth-order valence-electron chi connectivity index (χ4n) is 2.29. The summed E-state index contributed by atoms with van der Waals surface area (Å²) in [6.45, 7) is 0. The van der Waals surface area contributed by atoms with Gasteiger partial charge in [0.2, 0.25) is 0 Å². The highest BCUT2D eigenvalue weighted by Crippen LogP contribution is 2.33. The number of aromatic nitrogens is 1. The third-order valence-electron chi connectivity index (χ3n) is 3.43. The molecule has 3 rings (SSSR count). The number of nitrogens with one attached hydrogen (secondary N) is 1. The van der Waals surface area contributed by atoms with Crippen molar-refractivity contribution in [1.29, 1.82) is 5.26 Å². The third kappa shape index (κ3) is 3.05. The van der Waals surface area contributed by atoms with Crippen molar-refractivity contribution in [1.82, 2.24) is 4.98 Å². The van der Waals surface area contributed by atoms with Crippen LogP contribution in [0.15, 0.2) is 36.5 Å². The number of hydrogen-bond donors (Lipinski definition) is 1. The van der Waals surface area contributed by atoms with E-state index in [1.165, 1.54) is 12.1 Å². The van der Waals surface area contributed by atoms with Crippen LogP contribution in [0.4, 0.5) is 25.8 Å². The molecule has 6 nitrogen and oxygen atoms in total. The van der Waals surface area contributed by atoms with E-state index in [4.69, 9.17) is 11.6 Å². The number of nitrogens with zero attached hydrogens (tertiary/aromatic N) is 3. The predicted molar refractivity (Wildman–Crippen MR) is 87.8 cm³/mol. The van der Waals surface area contributed by atoms with Crippen molar-refractivity contribution in [2.75, 3.05) is 5.32 Å². The van der Waals surface area contributed by atoms with Gasteiger partial charge >= 0.3 is 0 Å². The summed E-state index contributed by atoms with van der Waals surface area (Å²) in [5, 5.41) is 23.0. The highest BCUT2D eigenvalue weighted by Gasteiger charge is 2.18. The minimum absolute atomic E-state index is 0.0350. The number of nitro benzene ring substituents is 1. The average molecular weight is 361 g/mol. The van der Waals surface area contributed by atoms with E-state index in [1.54, 1.807) is 0 Å². The Morgan fingerprint density at radius 1 is 1.24 bits per heavy atom. The molecule has 0 aliphatic rings. The van der Waals surface area contributed by atoms with Crippen LogP contribution in [-0.4, -0.2) is 9.91 Å². The molecule has 0 spiro atoms. The van der Waals surface area contributed by atoms with Gasteiger partial charge in [0.1, 0.15) is 17.4 Å². The molecule has 0 saturated heterocycles. The Labute approximate surface area is 144 Å². The fourth-order valence-corrected chi connectivity index (χ4v) is 2.47. The summed E-state index contributed by atoms with van der Waals surface area (Å²) in [6, 6.07) is 7.49. The number of pyridine rings is 1. The van der Waals surface area contributed by atoms with Crippen molar-refractivity contribution >= 4 is 39.6 Å². The minimum atomic E-state index is -0.895. The highest BCUT2D eigenvalue weighted by atomic mass is 35.5. The van der Waals surface area contributed by atoms with Gasteiger partial charge in [0.15, 0.2) is 5.82 Å². The van der Waals surface area contributed by atoms with Crippen molar-refractivity contribution in [3.05, 3.63) is 68.9 Å². The van der Waals surface area contributed by atoms with Gasteiger partial charge in [-0.05, 0) is 18.2 Å². The molecule has 0 atom stereocenters. The normalized spacial score (nSPS) is 10.5. The van der Waals surface area contributed by atoms with Crippen molar-refractivity contribution in [3.63, 3.8) is 0 Å². The molecule has 25 heavy (non-hydrogen) atoms. The predicted octanol–water partition coefficient (Wildman–Crippen LogP) is 4.69. The van der Waals surface area contributed by atoms with Gasteiger partial charge < -0.3 is 5.32 Å². The Balaban J connectivity index is 2.25. The summed E-state index contributed by atoms with van der Waals surface area (Å²) < 4.78 is 27.4. The van der Waals surface area contributed by atoms with Crippen LogP contribution >= 0.6 is 11.6 Å². The average Bonchev–Trinajstić information content (AvgIpc) is 2.58. The number of halogens is 3. The molecule has 0 aliphatic carbocycles. The van der Waals surface area contributed by atoms with E-state index >= 15 is 0 Å². The number of benzene rings is 2. The lowest BCUT2D eigenvalue weighted by molar-refractivity contribution is -0.384. The Bertz CT molecular complexity index is 1070. The van der Waals surface area contributed by atoms with E-state index in [-0.39, 0.29) is 27.2 Å². The summed E-state index contributed by atoms with van der Waals surface area (Å²) in [6.07, 6.45) is 1.14. The van der Waals surface area contributed by atoms with Gasteiger partial charge in [-0.1, -0.05) is 11.6 Å². The van der Waals surface area contributed by atoms with Crippen LogP contribution in [0, 0.1) is 33.1 Å². The summed E-state index contributed by atoms with van der Waals surface area (Å²) in [4.78, 5) is 14.1. The number of nitro groups is 1. The maximum Gasteiger partial charge on any atom is 0.273 e. The molecule has 0 fully saturated rings. The lowest BCUT2D eigenvalue weighted by Gasteiger charge is -2.12. The Hall–Kier alpha value is -3.31. The van der Waals surface area contributed by atoms with Crippen molar-refractivity contribution in [3.8, 4) is 6.07 Å². The number of hydrogen-bond acceptors (Lipinski definition) is 5. The second-order valence-electron chi connectivity index (χ2n) is 4.99. The molecule has 0 unspecified atom stereocenters. The van der Waals surface area contributed by atoms with Gasteiger partial charge in [0, 0.05) is 23.3 Å². The quantitative estimate of drug-likeness (QED) is 0.540. The third-order valence-corrected chi connectivity index (χ3v) is 3.72. The van der Waals surface area contributed by atoms with E-state index < -0.39 is 22.2 Å². The zero-order chi connectivity index (χ0) is 18.1. The maximum absolute atomic E-state index is 14.1. The van der Waals surface area contributed by atoms with Crippen LogP contribution in [0.25, 0.3) is 10.9 Å². The summed E-state index contributed by atoms with van der Waals surface area (Å²) in [5.74, 6) is -1.53. The van der Waals surface area contributed by atoms with E-state index in [2.05, 4.69) is 10.3 Å². The lowest BCUT2D eigenvalue weighted by Crippen LogP contribution is -1.99. The first-order valence-electron chi connectivity index (χ1n) is 6.79. The number of anilines is 2. The Morgan fingerprint density at radius 2 is 2.00 bits per heavy atom. The van der Waals surface area contributed by atoms with E-state index in [1.807, 2.05) is 6.07 Å². The summed E-state index contributed by atoms with van der Waals surface area (Å²) in [5.41, 5.74) is -0.157. The van der Waals surface area contributed by atoms with Crippen LogP contribution in [0.3, 0.4) is 0 Å². The zero-order valence-electron chi connectivity index (χ0n) is 12.3. The lowest BCUT2D eigenvalue weighted by atomic mass is 10.1. The van der Waals surface area contributed by atoms with E-state index in [9.17, 15) is 24.2 Å². The molecular formula is C16H7ClF2N4O2.